The van der Waals surface area contributed by atoms with E-state index in [1.54, 1.807) is 5.01 Å². The minimum absolute atomic E-state index is 0.260. The highest BCUT2D eigenvalue weighted by Crippen LogP contribution is 2.21. The van der Waals surface area contributed by atoms with Gasteiger partial charge in [0.25, 0.3) is 0 Å². The zero-order chi connectivity index (χ0) is 15.6. The van der Waals surface area contributed by atoms with Crippen LogP contribution in [-0.4, -0.2) is 22.1 Å². The topological polar surface area (TPSA) is 58.3 Å². The number of aromatic nitrogens is 2. The first-order valence-corrected chi connectivity index (χ1v) is 7.01. The highest BCUT2D eigenvalue weighted by molar-refractivity contribution is 7.80. The van der Waals surface area contributed by atoms with Gasteiger partial charge in [-0.2, -0.15) is 0 Å². The Morgan fingerprint density at radius 3 is 2.24 bits per heavy atom. The second kappa shape index (κ2) is 6.05. The zero-order valence-corrected chi connectivity index (χ0v) is 13.5. The Hall–Kier alpha value is -2.21. The van der Waals surface area contributed by atoms with Crippen LogP contribution in [0.3, 0.4) is 0 Å². The van der Waals surface area contributed by atoms with E-state index in [0.29, 0.717) is 5.82 Å². The predicted molar refractivity (Wildman–Crippen MR) is 90.4 cm³/mol. The Labute approximate surface area is 130 Å². The summed E-state index contributed by atoms with van der Waals surface area (Å²) in [6.45, 7) is 5.83. The van der Waals surface area contributed by atoms with Gasteiger partial charge < -0.3 is 5.73 Å². The van der Waals surface area contributed by atoms with Crippen molar-refractivity contribution in [2.45, 2.75) is 20.8 Å². The number of hydrazine groups is 1. The normalized spacial score (nSPS) is 10.3. The Morgan fingerprint density at radius 2 is 1.71 bits per heavy atom. The molecule has 1 aromatic carbocycles. The lowest BCUT2D eigenvalue weighted by Crippen LogP contribution is -2.48. The van der Waals surface area contributed by atoms with E-state index in [0.717, 1.165) is 17.2 Å². The molecule has 21 heavy (non-hydrogen) atoms. The molecule has 0 saturated carbocycles. The Balaban J connectivity index is 2.42. The summed E-state index contributed by atoms with van der Waals surface area (Å²) in [6.07, 6.45) is 0. The van der Waals surface area contributed by atoms with Crippen molar-refractivity contribution in [3.8, 4) is 0 Å². The fourth-order valence-electron chi connectivity index (χ4n) is 2.10. The maximum Gasteiger partial charge on any atom is 0.190 e. The van der Waals surface area contributed by atoms with Crippen LogP contribution in [0.2, 0.25) is 0 Å². The van der Waals surface area contributed by atoms with E-state index < -0.39 is 0 Å². The monoisotopic (exact) mass is 301 g/mol. The van der Waals surface area contributed by atoms with Crippen molar-refractivity contribution in [3.63, 3.8) is 0 Å². The molecule has 0 radical (unpaired) electrons. The molecule has 0 unspecified atom stereocenters. The minimum atomic E-state index is 0.260. The molecular formula is C15H19N5S. The third kappa shape index (κ3) is 3.46. The fraction of sp³-hybridized carbons (Fsp3) is 0.267. The standard InChI is InChI=1S/C15H19N5S/c1-10-5-7-13(8-6-10)20(15(16)21)19(4)14-9-11(2)17-12(3)18-14/h5-9H,1-4H3,(H2,16,21). The van der Waals surface area contributed by atoms with Crippen LogP contribution in [0.5, 0.6) is 0 Å². The van der Waals surface area contributed by atoms with Crippen LogP contribution in [0, 0.1) is 20.8 Å². The van der Waals surface area contributed by atoms with Gasteiger partial charge in [-0.05, 0) is 45.1 Å². The molecule has 0 aliphatic heterocycles. The maximum absolute atomic E-state index is 5.89. The Morgan fingerprint density at radius 1 is 1.10 bits per heavy atom. The van der Waals surface area contributed by atoms with E-state index in [-0.39, 0.29) is 5.11 Å². The van der Waals surface area contributed by atoms with E-state index in [9.17, 15) is 0 Å². The molecule has 0 aliphatic carbocycles. The van der Waals surface area contributed by atoms with Gasteiger partial charge >= 0.3 is 0 Å². The molecular weight excluding hydrogens is 282 g/mol. The molecule has 0 spiro atoms. The number of nitrogens with two attached hydrogens (primary N) is 1. The summed E-state index contributed by atoms with van der Waals surface area (Å²) in [7, 11) is 1.88. The summed E-state index contributed by atoms with van der Waals surface area (Å²) in [4.78, 5) is 8.72. The summed E-state index contributed by atoms with van der Waals surface area (Å²) >= 11 is 5.19. The average molecular weight is 301 g/mol. The highest BCUT2D eigenvalue weighted by Gasteiger charge is 2.17. The molecule has 110 valence electrons. The molecule has 0 bridgehead atoms. The first kappa shape index (κ1) is 15.2. The molecule has 2 N–H and O–H groups in total. The van der Waals surface area contributed by atoms with Gasteiger partial charge in [-0.15, -0.1) is 0 Å². The number of rotatable bonds is 3. The van der Waals surface area contributed by atoms with Crippen LogP contribution < -0.4 is 15.8 Å². The lowest BCUT2D eigenvalue weighted by atomic mass is 10.2. The summed E-state index contributed by atoms with van der Waals surface area (Å²) in [6, 6.07) is 9.89. The van der Waals surface area contributed by atoms with Gasteiger partial charge in [0.1, 0.15) is 5.82 Å². The Bertz CT molecular complexity index is 633. The van der Waals surface area contributed by atoms with Crippen LogP contribution in [0.1, 0.15) is 17.1 Å². The molecule has 0 fully saturated rings. The number of hydrogen-bond donors (Lipinski definition) is 1. The third-order valence-electron chi connectivity index (χ3n) is 3.07. The first-order valence-electron chi connectivity index (χ1n) is 6.60. The van der Waals surface area contributed by atoms with Crippen LogP contribution in [-0.2, 0) is 0 Å². The first-order chi connectivity index (χ1) is 9.88. The lowest BCUT2D eigenvalue weighted by Gasteiger charge is -2.33. The molecule has 5 nitrogen and oxygen atoms in total. The number of aryl methyl sites for hydroxylation is 3. The van der Waals surface area contributed by atoms with Gasteiger partial charge in [-0.3, -0.25) is 5.01 Å². The molecule has 0 aliphatic rings. The molecule has 0 saturated heterocycles. The van der Waals surface area contributed by atoms with Gasteiger partial charge in [-0.25, -0.2) is 15.0 Å². The van der Waals surface area contributed by atoms with Crippen molar-refractivity contribution in [2.75, 3.05) is 17.1 Å². The quantitative estimate of drug-likeness (QED) is 0.694. The summed E-state index contributed by atoms with van der Waals surface area (Å²) in [5, 5.41) is 3.83. The molecule has 1 heterocycles. The van der Waals surface area contributed by atoms with Gasteiger partial charge in [0.05, 0.1) is 5.69 Å². The number of thiocarbonyl (C=S) groups is 1. The molecule has 0 atom stereocenters. The van der Waals surface area contributed by atoms with E-state index in [1.165, 1.54) is 5.56 Å². The van der Waals surface area contributed by atoms with Crippen molar-refractivity contribution < 1.29 is 0 Å². The summed E-state index contributed by atoms with van der Waals surface area (Å²) in [5.41, 5.74) is 8.86. The molecule has 6 heteroatoms. The fourth-order valence-corrected chi connectivity index (χ4v) is 2.33. The SMILES string of the molecule is Cc1ccc(N(C(N)=S)N(C)c2cc(C)nc(C)n2)cc1. The second-order valence-corrected chi connectivity index (χ2v) is 5.34. The van der Waals surface area contributed by atoms with Crippen LogP contribution in [0.4, 0.5) is 11.5 Å². The van der Waals surface area contributed by atoms with Crippen LogP contribution in [0.25, 0.3) is 0 Å². The zero-order valence-electron chi connectivity index (χ0n) is 12.7. The summed E-state index contributed by atoms with van der Waals surface area (Å²) in [5.74, 6) is 1.46. The molecule has 2 aromatic rings. The number of hydrogen-bond acceptors (Lipinski definition) is 4. The van der Waals surface area contributed by atoms with E-state index in [1.807, 2.05) is 63.2 Å². The van der Waals surface area contributed by atoms with Crippen LogP contribution in [0.15, 0.2) is 30.3 Å². The van der Waals surface area contributed by atoms with Gasteiger partial charge in [-0.1, -0.05) is 17.7 Å². The maximum atomic E-state index is 5.89. The smallest absolute Gasteiger partial charge is 0.190 e. The van der Waals surface area contributed by atoms with Crippen molar-refractivity contribution in [2.24, 2.45) is 5.73 Å². The number of nitrogens with zero attached hydrogens (tertiary/aromatic N) is 4. The van der Waals surface area contributed by atoms with Crippen LogP contribution >= 0.6 is 12.2 Å². The van der Waals surface area contributed by atoms with Gasteiger partial charge in [0.2, 0.25) is 0 Å². The minimum Gasteiger partial charge on any atom is -0.374 e. The van der Waals surface area contributed by atoms with Crippen molar-refractivity contribution in [1.29, 1.82) is 0 Å². The van der Waals surface area contributed by atoms with Crippen molar-refractivity contribution in [3.05, 3.63) is 47.4 Å². The van der Waals surface area contributed by atoms with E-state index in [4.69, 9.17) is 18.0 Å². The van der Waals surface area contributed by atoms with E-state index in [2.05, 4.69) is 9.97 Å². The van der Waals surface area contributed by atoms with E-state index >= 15 is 0 Å². The Kier molecular flexibility index (Phi) is 4.37. The largest absolute Gasteiger partial charge is 0.374 e. The van der Waals surface area contributed by atoms with Gasteiger partial charge in [0.15, 0.2) is 10.9 Å². The second-order valence-electron chi connectivity index (χ2n) is 4.92. The average Bonchev–Trinajstić information content (AvgIpc) is 2.39. The van der Waals surface area contributed by atoms with Crippen molar-refractivity contribution >= 4 is 28.8 Å². The third-order valence-corrected chi connectivity index (χ3v) is 3.24. The number of anilines is 2. The molecule has 2 rings (SSSR count). The van der Waals surface area contributed by atoms with Crippen molar-refractivity contribution in [1.82, 2.24) is 9.97 Å². The predicted octanol–water partition coefficient (Wildman–Crippen LogP) is 2.50. The highest BCUT2D eigenvalue weighted by atomic mass is 32.1. The summed E-state index contributed by atoms with van der Waals surface area (Å²) < 4.78 is 0. The molecule has 1 aromatic heterocycles. The molecule has 0 amide bonds. The lowest BCUT2D eigenvalue weighted by molar-refractivity contribution is 0.900. The van der Waals surface area contributed by atoms with Gasteiger partial charge in [0, 0.05) is 18.8 Å². The number of benzene rings is 1.